The van der Waals surface area contributed by atoms with Crippen LogP contribution in [0.5, 0.6) is 5.75 Å². The van der Waals surface area contributed by atoms with Crippen molar-refractivity contribution in [2.75, 3.05) is 0 Å². The highest BCUT2D eigenvalue weighted by atomic mass is 16.6. The number of hydrogen-bond acceptors (Lipinski definition) is 5. The summed E-state index contributed by atoms with van der Waals surface area (Å²) in [6, 6.07) is 4.18. The lowest BCUT2D eigenvalue weighted by Crippen LogP contribution is -2.06. The van der Waals surface area contributed by atoms with E-state index in [-0.39, 0.29) is 12.3 Å². The molecule has 0 saturated carbocycles. The Balaban J connectivity index is 2.12. The zero-order valence-corrected chi connectivity index (χ0v) is 11.7. The number of aliphatic hydroxyl groups excluding tert-OH is 1. The second-order valence-electron chi connectivity index (χ2n) is 4.57. The first kappa shape index (κ1) is 15.0. The van der Waals surface area contributed by atoms with Crippen molar-refractivity contribution in [3.8, 4) is 5.75 Å². The first-order chi connectivity index (χ1) is 10.2. The highest BCUT2D eigenvalue weighted by Crippen LogP contribution is 2.25. The molecule has 1 aromatic carbocycles. The van der Waals surface area contributed by atoms with E-state index < -0.39 is 4.92 Å². The number of aliphatic hydroxyl groups is 1. The van der Waals surface area contributed by atoms with Gasteiger partial charge < -0.3 is 14.4 Å². The summed E-state index contributed by atoms with van der Waals surface area (Å²) in [5.41, 5.74) is 1.24. The van der Waals surface area contributed by atoms with E-state index in [9.17, 15) is 15.2 Å². The second-order valence-corrected chi connectivity index (χ2v) is 4.57. The first-order valence-electron chi connectivity index (χ1n) is 6.65. The molecule has 2 rings (SSSR count). The first-order valence-corrected chi connectivity index (χ1v) is 6.65. The fourth-order valence-corrected chi connectivity index (χ4v) is 2.01. The minimum absolute atomic E-state index is 0.0672. The predicted octanol–water partition coefficient (Wildman–Crippen LogP) is 2.27. The summed E-state index contributed by atoms with van der Waals surface area (Å²) in [4.78, 5) is 14.3. The number of imidazole rings is 1. The number of hydrogen-bond donors (Lipinski definition) is 1. The molecule has 0 amide bonds. The monoisotopic (exact) mass is 291 g/mol. The quantitative estimate of drug-likeness (QED) is 0.624. The average Bonchev–Trinajstić information content (AvgIpc) is 2.92. The van der Waals surface area contributed by atoms with Crippen molar-refractivity contribution < 1.29 is 14.8 Å². The Morgan fingerprint density at radius 2 is 2.29 bits per heavy atom. The molecule has 0 saturated heterocycles. The lowest BCUT2D eigenvalue weighted by molar-refractivity contribution is -0.385. The van der Waals surface area contributed by atoms with Crippen LogP contribution in [0.25, 0.3) is 0 Å². The van der Waals surface area contributed by atoms with Gasteiger partial charge in [0.25, 0.3) is 5.69 Å². The molecule has 0 fully saturated rings. The van der Waals surface area contributed by atoms with Crippen molar-refractivity contribution in [2.45, 2.75) is 33.1 Å². The van der Waals surface area contributed by atoms with Crippen molar-refractivity contribution in [3.63, 3.8) is 0 Å². The van der Waals surface area contributed by atoms with E-state index in [1.807, 2.05) is 4.57 Å². The number of rotatable bonds is 7. The molecule has 0 aliphatic heterocycles. The highest BCUT2D eigenvalue weighted by Gasteiger charge is 2.12. The van der Waals surface area contributed by atoms with E-state index in [4.69, 9.17) is 4.74 Å². The van der Waals surface area contributed by atoms with E-state index in [1.54, 1.807) is 12.5 Å². The average molecular weight is 291 g/mol. The Morgan fingerprint density at radius 3 is 2.95 bits per heavy atom. The lowest BCUT2D eigenvalue weighted by Gasteiger charge is -2.11. The number of ether oxygens (including phenoxy) is 1. The molecule has 0 radical (unpaired) electrons. The van der Waals surface area contributed by atoms with Gasteiger partial charge in [0, 0.05) is 24.2 Å². The van der Waals surface area contributed by atoms with Gasteiger partial charge in [-0.2, -0.15) is 0 Å². The van der Waals surface area contributed by atoms with Crippen molar-refractivity contribution in [3.05, 3.63) is 52.1 Å². The van der Waals surface area contributed by atoms with E-state index in [0.29, 0.717) is 17.9 Å². The Bertz CT molecular complexity index is 624. The number of nitro groups is 1. The number of nitro benzene ring substituents is 1. The fraction of sp³-hybridized carbons (Fsp3) is 0.357. The number of non-ortho nitro benzene ring substituents is 1. The van der Waals surface area contributed by atoms with Gasteiger partial charge in [-0.1, -0.05) is 6.92 Å². The maximum atomic E-state index is 10.7. The van der Waals surface area contributed by atoms with Crippen LogP contribution in [-0.2, 0) is 19.8 Å². The van der Waals surface area contributed by atoms with Crippen LogP contribution in [0.3, 0.4) is 0 Å². The van der Waals surface area contributed by atoms with Crippen LogP contribution in [-0.4, -0.2) is 19.6 Å². The molecule has 1 aromatic heterocycles. The van der Waals surface area contributed by atoms with Gasteiger partial charge in [0.05, 0.1) is 29.7 Å². The summed E-state index contributed by atoms with van der Waals surface area (Å²) >= 11 is 0. The number of benzene rings is 1. The number of aromatic nitrogens is 2. The fourth-order valence-electron chi connectivity index (χ4n) is 2.01. The van der Waals surface area contributed by atoms with Crippen LogP contribution in [0, 0.1) is 10.1 Å². The van der Waals surface area contributed by atoms with Gasteiger partial charge in [-0.25, -0.2) is 4.98 Å². The normalized spacial score (nSPS) is 10.6. The molecule has 1 heterocycles. The topological polar surface area (TPSA) is 90.4 Å². The zero-order chi connectivity index (χ0) is 15.2. The molecule has 112 valence electrons. The summed E-state index contributed by atoms with van der Waals surface area (Å²) in [7, 11) is 0. The molecule has 0 bridgehead atoms. The summed E-state index contributed by atoms with van der Waals surface area (Å²) < 4.78 is 7.64. The maximum absolute atomic E-state index is 10.7. The largest absolute Gasteiger partial charge is 0.487 e. The summed E-state index contributed by atoms with van der Waals surface area (Å²) in [5.74, 6) is 0.437. The van der Waals surface area contributed by atoms with Gasteiger partial charge >= 0.3 is 0 Å². The molecule has 2 aromatic rings. The third kappa shape index (κ3) is 3.57. The smallest absolute Gasteiger partial charge is 0.270 e. The summed E-state index contributed by atoms with van der Waals surface area (Å²) in [6.07, 6.45) is 4.45. The molecule has 1 N–H and O–H groups in total. The molecule has 0 aliphatic rings. The van der Waals surface area contributed by atoms with Crippen LogP contribution in [0.1, 0.15) is 24.6 Å². The molecular weight excluding hydrogens is 274 g/mol. The zero-order valence-electron chi connectivity index (χ0n) is 11.7. The van der Waals surface area contributed by atoms with Gasteiger partial charge in [-0.15, -0.1) is 0 Å². The Kier molecular flexibility index (Phi) is 4.89. The Labute approximate surface area is 122 Å². The van der Waals surface area contributed by atoms with Crippen LogP contribution < -0.4 is 4.74 Å². The van der Waals surface area contributed by atoms with Gasteiger partial charge in [-0.05, 0) is 12.5 Å². The van der Waals surface area contributed by atoms with Gasteiger partial charge in [0.15, 0.2) is 0 Å². The molecule has 7 heteroatoms. The van der Waals surface area contributed by atoms with E-state index >= 15 is 0 Å². The van der Waals surface area contributed by atoms with Gasteiger partial charge in [0.1, 0.15) is 12.4 Å². The van der Waals surface area contributed by atoms with E-state index in [1.165, 1.54) is 18.2 Å². The third-order valence-corrected chi connectivity index (χ3v) is 3.06. The lowest BCUT2D eigenvalue weighted by atomic mass is 10.2. The Morgan fingerprint density at radius 1 is 1.48 bits per heavy atom. The van der Waals surface area contributed by atoms with E-state index in [2.05, 4.69) is 11.9 Å². The van der Waals surface area contributed by atoms with Gasteiger partial charge in [-0.3, -0.25) is 10.1 Å². The Hall–Kier alpha value is -2.41. The van der Waals surface area contributed by atoms with Gasteiger partial charge in [0.2, 0.25) is 0 Å². The van der Waals surface area contributed by atoms with Crippen LogP contribution in [0.15, 0.2) is 30.7 Å². The van der Waals surface area contributed by atoms with Crippen molar-refractivity contribution in [1.82, 2.24) is 9.55 Å². The van der Waals surface area contributed by atoms with Crippen molar-refractivity contribution in [2.24, 2.45) is 0 Å². The molecule has 0 unspecified atom stereocenters. The minimum Gasteiger partial charge on any atom is -0.487 e. The third-order valence-electron chi connectivity index (χ3n) is 3.06. The number of nitrogens with zero attached hydrogens (tertiary/aromatic N) is 3. The molecule has 0 atom stereocenters. The minimum atomic E-state index is -0.501. The molecule has 0 spiro atoms. The summed E-state index contributed by atoms with van der Waals surface area (Å²) in [6.45, 7) is 2.91. The number of aryl methyl sites for hydroxylation is 1. The SMILES string of the molecule is CCCn1cncc1COc1ccc([N+](=O)[O-])cc1CO. The predicted molar refractivity (Wildman–Crippen MR) is 75.9 cm³/mol. The van der Waals surface area contributed by atoms with Crippen LogP contribution in [0.4, 0.5) is 5.69 Å². The van der Waals surface area contributed by atoms with E-state index in [0.717, 1.165) is 18.7 Å². The molecule has 0 aliphatic carbocycles. The van der Waals surface area contributed by atoms with Crippen molar-refractivity contribution >= 4 is 5.69 Å². The standard InChI is InChI=1S/C14H17N3O4/c1-2-5-16-10-15-7-13(16)9-21-14-4-3-12(17(19)20)6-11(14)8-18/h3-4,6-7,10,18H,2,5,8-9H2,1H3. The molecule has 7 nitrogen and oxygen atoms in total. The van der Waals surface area contributed by atoms with Crippen LogP contribution >= 0.6 is 0 Å². The highest BCUT2D eigenvalue weighted by molar-refractivity contribution is 5.43. The second kappa shape index (κ2) is 6.85. The molecular formula is C14H17N3O4. The van der Waals surface area contributed by atoms with Crippen LogP contribution in [0.2, 0.25) is 0 Å². The van der Waals surface area contributed by atoms with Crippen molar-refractivity contribution in [1.29, 1.82) is 0 Å². The molecule has 21 heavy (non-hydrogen) atoms. The maximum Gasteiger partial charge on any atom is 0.270 e. The summed E-state index contributed by atoms with van der Waals surface area (Å²) in [5, 5.41) is 20.0.